The molecule has 2 saturated carbocycles. The second-order valence-corrected chi connectivity index (χ2v) is 8.08. The summed E-state index contributed by atoms with van der Waals surface area (Å²) in [5.41, 5.74) is 1.20. The lowest BCUT2D eigenvalue weighted by molar-refractivity contribution is -0.139. The largest absolute Gasteiger partial charge is 0.480 e. The highest BCUT2D eigenvalue weighted by atomic mass is 19.1. The molecule has 146 valence electrons. The van der Waals surface area contributed by atoms with E-state index in [0.29, 0.717) is 24.3 Å². The molecule has 2 aliphatic carbocycles. The van der Waals surface area contributed by atoms with Gasteiger partial charge in [0, 0.05) is 29.6 Å². The van der Waals surface area contributed by atoms with Gasteiger partial charge in [0.15, 0.2) is 0 Å². The molecular weight excluding hydrogens is 349 g/mol. The zero-order valence-corrected chi connectivity index (χ0v) is 15.6. The average Bonchev–Trinajstić information content (AvgIpc) is 2.93. The molecule has 7 heteroatoms. The highest BCUT2D eigenvalue weighted by Gasteiger charge is 2.50. The first-order chi connectivity index (χ1) is 12.9. The number of likely N-dealkylation sites (N-methyl/N-ethyl adjacent to an activating group) is 1. The number of nitrogens with one attached hydrogen (secondary N) is 1. The number of carbonyl (C=O) groups excluding carboxylic acids is 1. The Labute approximate surface area is 158 Å². The summed E-state index contributed by atoms with van der Waals surface area (Å²) >= 11 is 0. The van der Waals surface area contributed by atoms with Crippen LogP contribution in [0.15, 0.2) is 18.2 Å². The minimum atomic E-state index is -0.828. The number of carbonyl (C=O) groups is 2. The molecule has 0 aromatic heterocycles. The molecule has 3 aliphatic rings. The molecule has 1 aromatic carbocycles. The molecular formula is C20H26FN3O3. The monoisotopic (exact) mass is 375 g/mol. The molecule has 0 atom stereocenters. The quantitative estimate of drug-likeness (QED) is 0.830. The van der Waals surface area contributed by atoms with Gasteiger partial charge in [-0.1, -0.05) is 19.4 Å². The molecule has 0 unspecified atom stereocenters. The Kier molecular flexibility index (Phi) is 4.58. The van der Waals surface area contributed by atoms with Gasteiger partial charge in [0.1, 0.15) is 5.82 Å². The normalized spacial score (nSPS) is 25.1. The number of anilines is 1. The van der Waals surface area contributed by atoms with Crippen molar-refractivity contribution in [2.45, 2.75) is 56.5 Å². The number of aliphatic carboxylic acids is 1. The molecule has 1 spiro atoms. The average molecular weight is 375 g/mol. The third-order valence-electron chi connectivity index (χ3n) is 6.53. The van der Waals surface area contributed by atoms with Crippen molar-refractivity contribution < 1.29 is 19.1 Å². The standard InChI is InChI=1S/C20H26FN3O3/c1-2-23(11-17(25)26)14-9-13(10-14)22-19(27)24-12-20(7-4-8-20)18-15(21)5-3-6-16(18)24/h3,5-6,13-14H,2,4,7-12H2,1H3,(H,22,27)(H,25,26). The number of fused-ring (bicyclic) bond motifs is 2. The zero-order valence-electron chi connectivity index (χ0n) is 15.6. The van der Waals surface area contributed by atoms with Crippen molar-refractivity contribution in [3.05, 3.63) is 29.6 Å². The van der Waals surface area contributed by atoms with Gasteiger partial charge in [-0.25, -0.2) is 9.18 Å². The van der Waals surface area contributed by atoms with Crippen LogP contribution in [0.2, 0.25) is 0 Å². The van der Waals surface area contributed by atoms with E-state index >= 15 is 0 Å². The van der Waals surface area contributed by atoms with Gasteiger partial charge in [-0.15, -0.1) is 0 Å². The van der Waals surface area contributed by atoms with Crippen molar-refractivity contribution in [2.75, 3.05) is 24.5 Å². The van der Waals surface area contributed by atoms with E-state index in [1.807, 2.05) is 17.9 Å². The lowest BCUT2D eigenvalue weighted by Gasteiger charge is -2.43. The number of rotatable bonds is 5. The minimum absolute atomic E-state index is 0.0309. The van der Waals surface area contributed by atoms with E-state index in [2.05, 4.69) is 5.32 Å². The van der Waals surface area contributed by atoms with Crippen LogP contribution in [-0.2, 0) is 10.2 Å². The molecule has 2 amide bonds. The lowest BCUT2D eigenvalue weighted by atomic mass is 9.65. The number of hydrogen-bond acceptors (Lipinski definition) is 3. The topological polar surface area (TPSA) is 72.9 Å². The van der Waals surface area contributed by atoms with Gasteiger partial charge in [0.2, 0.25) is 0 Å². The van der Waals surface area contributed by atoms with Crippen molar-refractivity contribution in [2.24, 2.45) is 0 Å². The highest BCUT2D eigenvalue weighted by molar-refractivity contribution is 5.95. The Morgan fingerprint density at radius 2 is 2.11 bits per heavy atom. The molecule has 1 heterocycles. The number of benzene rings is 1. The second-order valence-electron chi connectivity index (χ2n) is 8.08. The molecule has 27 heavy (non-hydrogen) atoms. The summed E-state index contributed by atoms with van der Waals surface area (Å²) in [5.74, 6) is -1.04. The van der Waals surface area contributed by atoms with Gasteiger partial charge < -0.3 is 10.4 Å². The molecule has 2 fully saturated rings. The summed E-state index contributed by atoms with van der Waals surface area (Å²) in [7, 11) is 0. The van der Waals surface area contributed by atoms with Crippen LogP contribution in [0, 0.1) is 5.82 Å². The predicted molar refractivity (Wildman–Crippen MR) is 99.5 cm³/mol. The molecule has 0 bridgehead atoms. The maximum atomic E-state index is 14.5. The van der Waals surface area contributed by atoms with Crippen LogP contribution in [0.5, 0.6) is 0 Å². The van der Waals surface area contributed by atoms with Crippen molar-refractivity contribution in [3.63, 3.8) is 0 Å². The fraction of sp³-hybridized carbons (Fsp3) is 0.600. The number of carboxylic acids is 1. The Hall–Kier alpha value is -2.15. The van der Waals surface area contributed by atoms with Gasteiger partial charge >= 0.3 is 12.0 Å². The Morgan fingerprint density at radius 1 is 1.37 bits per heavy atom. The van der Waals surface area contributed by atoms with E-state index in [4.69, 9.17) is 5.11 Å². The highest BCUT2D eigenvalue weighted by Crippen LogP contribution is 2.53. The summed E-state index contributed by atoms with van der Waals surface area (Å²) in [6.07, 6.45) is 4.43. The van der Waals surface area contributed by atoms with E-state index in [9.17, 15) is 14.0 Å². The molecule has 4 rings (SSSR count). The van der Waals surface area contributed by atoms with Crippen LogP contribution in [0.1, 0.15) is 44.6 Å². The zero-order chi connectivity index (χ0) is 19.2. The van der Waals surface area contributed by atoms with Gasteiger partial charge in [-0.05, 0) is 44.4 Å². The van der Waals surface area contributed by atoms with Crippen LogP contribution >= 0.6 is 0 Å². The first-order valence-corrected chi connectivity index (χ1v) is 9.76. The fourth-order valence-corrected chi connectivity index (χ4v) is 4.85. The Bertz CT molecular complexity index is 759. The molecule has 1 aliphatic heterocycles. The third kappa shape index (κ3) is 3.08. The fourth-order valence-electron chi connectivity index (χ4n) is 4.85. The first kappa shape index (κ1) is 18.2. The van der Waals surface area contributed by atoms with Crippen molar-refractivity contribution in [1.29, 1.82) is 0 Å². The summed E-state index contributed by atoms with van der Waals surface area (Å²) < 4.78 is 14.5. The van der Waals surface area contributed by atoms with Gasteiger partial charge in [0.05, 0.1) is 12.2 Å². The maximum absolute atomic E-state index is 14.5. The molecule has 2 N–H and O–H groups in total. The van der Waals surface area contributed by atoms with E-state index in [1.165, 1.54) is 6.07 Å². The summed E-state index contributed by atoms with van der Waals surface area (Å²) in [6, 6.07) is 5.04. The number of carboxylic acid groups (broad SMARTS) is 1. The van der Waals surface area contributed by atoms with E-state index in [-0.39, 0.29) is 35.9 Å². The van der Waals surface area contributed by atoms with Crippen LogP contribution in [0.3, 0.4) is 0 Å². The van der Waals surface area contributed by atoms with Crippen molar-refractivity contribution in [1.82, 2.24) is 10.2 Å². The summed E-state index contributed by atoms with van der Waals surface area (Å²) in [6.45, 7) is 3.20. The van der Waals surface area contributed by atoms with Crippen LogP contribution in [0.25, 0.3) is 0 Å². The van der Waals surface area contributed by atoms with Gasteiger partial charge in [-0.2, -0.15) is 0 Å². The van der Waals surface area contributed by atoms with E-state index in [1.54, 1.807) is 11.0 Å². The number of nitrogens with zero attached hydrogens (tertiary/aromatic N) is 2. The summed E-state index contributed by atoms with van der Waals surface area (Å²) in [4.78, 5) is 27.4. The summed E-state index contributed by atoms with van der Waals surface area (Å²) in [5, 5.41) is 12.0. The molecule has 1 aromatic rings. The van der Waals surface area contributed by atoms with Crippen molar-refractivity contribution in [3.8, 4) is 0 Å². The van der Waals surface area contributed by atoms with Crippen LogP contribution in [0.4, 0.5) is 14.9 Å². The number of amides is 2. The first-order valence-electron chi connectivity index (χ1n) is 9.76. The molecule has 0 radical (unpaired) electrons. The second kappa shape index (κ2) is 6.78. The predicted octanol–water partition coefficient (Wildman–Crippen LogP) is 2.71. The lowest BCUT2D eigenvalue weighted by Crippen LogP contribution is -2.57. The van der Waals surface area contributed by atoms with Crippen LogP contribution in [-0.4, -0.2) is 53.7 Å². The number of urea groups is 1. The van der Waals surface area contributed by atoms with Crippen molar-refractivity contribution >= 4 is 17.7 Å². The van der Waals surface area contributed by atoms with Gasteiger partial charge in [0.25, 0.3) is 0 Å². The molecule has 6 nitrogen and oxygen atoms in total. The maximum Gasteiger partial charge on any atom is 0.322 e. The number of halogens is 1. The third-order valence-corrected chi connectivity index (χ3v) is 6.53. The van der Waals surface area contributed by atoms with E-state index < -0.39 is 5.97 Å². The number of hydrogen-bond donors (Lipinski definition) is 2. The van der Waals surface area contributed by atoms with Gasteiger partial charge in [-0.3, -0.25) is 14.6 Å². The smallest absolute Gasteiger partial charge is 0.322 e. The van der Waals surface area contributed by atoms with Crippen LogP contribution < -0.4 is 10.2 Å². The Morgan fingerprint density at radius 3 is 2.70 bits per heavy atom. The minimum Gasteiger partial charge on any atom is -0.480 e. The Balaban J connectivity index is 1.40. The SMILES string of the molecule is CCN(CC(=O)O)C1CC(NC(=O)N2CC3(CCC3)c3c(F)cccc32)C1. The molecule has 0 saturated heterocycles. The van der Waals surface area contributed by atoms with E-state index in [0.717, 1.165) is 32.1 Å².